The molecule has 0 bridgehead atoms. The molecule has 9 nitrogen and oxygen atoms in total. The number of para-hydroxylation sites is 1. The van der Waals surface area contributed by atoms with Crippen LogP contribution in [0.25, 0.3) is 10.9 Å². The van der Waals surface area contributed by atoms with Gasteiger partial charge in [0, 0.05) is 24.1 Å². The first kappa shape index (κ1) is 19.0. The topological polar surface area (TPSA) is 130 Å². The molecule has 0 aliphatic carbocycles. The molecule has 2 amide bonds. The van der Waals surface area contributed by atoms with Crippen molar-refractivity contribution < 1.29 is 14.5 Å². The first-order chi connectivity index (χ1) is 13.4. The second-order valence-electron chi connectivity index (χ2n) is 6.66. The maximum absolute atomic E-state index is 12.7. The van der Waals surface area contributed by atoms with Crippen molar-refractivity contribution >= 4 is 34.1 Å². The lowest BCUT2D eigenvalue weighted by Crippen LogP contribution is -2.28. The molecule has 1 heterocycles. The molecule has 3 N–H and O–H groups in total. The van der Waals surface area contributed by atoms with Gasteiger partial charge in [0.05, 0.1) is 21.7 Å². The smallest absolute Gasteiger partial charge is 0.276 e. The van der Waals surface area contributed by atoms with Crippen LogP contribution in [0, 0.1) is 16.0 Å². The Kier molecular flexibility index (Phi) is 5.35. The number of H-pyrrole nitrogens is 1. The largest absolute Gasteiger partial charge is 0.352 e. The van der Waals surface area contributed by atoms with Gasteiger partial charge in [-0.3, -0.25) is 24.8 Å². The zero-order valence-electron chi connectivity index (χ0n) is 15.4. The number of hydrogen-bond donors (Lipinski definition) is 3. The van der Waals surface area contributed by atoms with Crippen molar-refractivity contribution in [3.05, 3.63) is 63.8 Å². The van der Waals surface area contributed by atoms with Crippen molar-refractivity contribution in [1.29, 1.82) is 0 Å². The fraction of sp³-hybridized carbons (Fsp3) is 0.211. The van der Waals surface area contributed by atoms with Crippen LogP contribution < -0.4 is 10.6 Å². The van der Waals surface area contributed by atoms with Gasteiger partial charge < -0.3 is 10.6 Å². The minimum atomic E-state index is -0.573. The summed E-state index contributed by atoms with van der Waals surface area (Å²) in [4.78, 5) is 35.6. The van der Waals surface area contributed by atoms with Crippen molar-refractivity contribution in [2.75, 3.05) is 11.9 Å². The summed E-state index contributed by atoms with van der Waals surface area (Å²) in [6.07, 6.45) is 0. The minimum absolute atomic E-state index is 0.0103. The van der Waals surface area contributed by atoms with Crippen LogP contribution in [-0.4, -0.2) is 33.5 Å². The first-order valence-corrected chi connectivity index (χ1v) is 8.68. The number of carbonyl (C=O) groups is 2. The summed E-state index contributed by atoms with van der Waals surface area (Å²) < 4.78 is 0. The predicted octanol–water partition coefficient (Wildman–Crippen LogP) is 3.11. The average molecular weight is 381 g/mol. The molecule has 2 aromatic carbocycles. The Balaban J connectivity index is 1.88. The average Bonchev–Trinajstić information content (AvgIpc) is 3.09. The number of amides is 2. The quantitative estimate of drug-likeness (QED) is 0.446. The highest BCUT2D eigenvalue weighted by Crippen LogP contribution is 2.23. The van der Waals surface area contributed by atoms with Gasteiger partial charge in [-0.15, -0.1) is 0 Å². The van der Waals surface area contributed by atoms with Crippen LogP contribution in [0.15, 0.2) is 42.5 Å². The lowest BCUT2D eigenvalue weighted by molar-refractivity contribution is -0.384. The number of carbonyl (C=O) groups excluding carboxylic acids is 2. The summed E-state index contributed by atoms with van der Waals surface area (Å²) in [6, 6.07) is 10.7. The fourth-order valence-corrected chi connectivity index (χ4v) is 2.65. The van der Waals surface area contributed by atoms with Crippen molar-refractivity contribution in [2.45, 2.75) is 13.8 Å². The predicted molar refractivity (Wildman–Crippen MR) is 104 cm³/mol. The molecule has 0 spiro atoms. The molecule has 0 fully saturated rings. The highest BCUT2D eigenvalue weighted by molar-refractivity contribution is 6.13. The van der Waals surface area contributed by atoms with E-state index in [1.165, 1.54) is 18.2 Å². The Morgan fingerprint density at radius 1 is 1.18 bits per heavy atom. The summed E-state index contributed by atoms with van der Waals surface area (Å²) in [5, 5.41) is 23.4. The van der Waals surface area contributed by atoms with Crippen LogP contribution in [0.1, 0.15) is 34.7 Å². The molecular weight excluding hydrogens is 362 g/mol. The molecule has 1 aromatic heterocycles. The van der Waals surface area contributed by atoms with Crippen LogP contribution in [-0.2, 0) is 0 Å². The van der Waals surface area contributed by atoms with Gasteiger partial charge in [-0.25, -0.2) is 0 Å². The first-order valence-electron chi connectivity index (χ1n) is 8.68. The molecule has 0 saturated carbocycles. The number of nitro benzene ring substituents is 1. The third-order valence-electron chi connectivity index (χ3n) is 4.06. The SMILES string of the molecule is CC(C)CNC(=O)c1ccccc1NC(=O)c1n[nH]c2ccc([N+](=O)[O-])cc12. The standard InChI is InChI=1S/C19H19N5O4/c1-11(2)10-20-18(25)13-5-3-4-6-15(13)21-19(26)17-14-9-12(24(27)28)7-8-16(14)22-23-17/h3-9,11H,10H2,1-2H3,(H,20,25)(H,21,26)(H,22,23). The van der Waals surface area contributed by atoms with Crippen molar-refractivity contribution in [2.24, 2.45) is 5.92 Å². The molecule has 0 unspecified atom stereocenters. The highest BCUT2D eigenvalue weighted by Gasteiger charge is 2.19. The lowest BCUT2D eigenvalue weighted by atomic mass is 10.1. The third-order valence-corrected chi connectivity index (χ3v) is 4.06. The summed E-state index contributed by atoms with van der Waals surface area (Å²) in [7, 11) is 0. The minimum Gasteiger partial charge on any atom is -0.352 e. The van der Waals surface area contributed by atoms with E-state index in [4.69, 9.17) is 0 Å². The van der Waals surface area contributed by atoms with Gasteiger partial charge >= 0.3 is 0 Å². The van der Waals surface area contributed by atoms with Crippen molar-refractivity contribution in [1.82, 2.24) is 15.5 Å². The lowest BCUT2D eigenvalue weighted by Gasteiger charge is -2.12. The maximum Gasteiger partial charge on any atom is 0.276 e. The number of hydrogen-bond acceptors (Lipinski definition) is 5. The van der Waals surface area contributed by atoms with Crippen molar-refractivity contribution in [3.8, 4) is 0 Å². The Morgan fingerprint density at radius 2 is 1.93 bits per heavy atom. The molecular formula is C19H19N5O4. The van der Waals surface area contributed by atoms with Gasteiger partial charge in [0.25, 0.3) is 17.5 Å². The Bertz CT molecular complexity index is 1060. The van der Waals surface area contributed by atoms with E-state index in [1.807, 2.05) is 13.8 Å². The second kappa shape index (κ2) is 7.87. The van der Waals surface area contributed by atoms with E-state index in [2.05, 4.69) is 20.8 Å². The number of anilines is 1. The van der Waals surface area contributed by atoms with Crippen molar-refractivity contribution in [3.63, 3.8) is 0 Å². The molecule has 3 aromatic rings. The monoisotopic (exact) mass is 381 g/mol. The van der Waals surface area contributed by atoms with E-state index >= 15 is 0 Å². The van der Waals surface area contributed by atoms with E-state index in [-0.39, 0.29) is 23.2 Å². The molecule has 0 aliphatic rings. The van der Waals surface area contributed by atoms with Crippen LogP contribution in [0.5, 0.6) is 0 Å². The van der Waals surface area contributed by atoms with Crippen LogP contribution >= 0.6 is 0 Å². The van der Waals surface area contributed by atoms with Gasteiger partial charge in [-0.05, 0) is 24.1 Å². The van der Waals surface area contributed by atoms with Gasteiger partial charge in [0.1, 0.15) is 0 Å². The van der Waals surface area contributed by atoms with Crippen LogP contribution in [0.4, 0.5) is 11.4 Å². The molecule has 0 aliphatic heterocycles. The van der Waals surface area contributed by atoms with Crippen LogP contribution in [0.2, 0.25) is 0 Å². The van der Waals surface area contributed by atoms with Gasteiger partial charge in [0.15, 0.2) is 5.69 Å². The maximum atomic E-state index is 12.7. The fourth-order valence-electron chi connectivity index (χ4n) is 2.65. The zero-order valence-corrected chi connectivity index (χ0v) is 15.4. The van der Waals surface area contributed by atoms with E-state index < -0.39 is 10.8 Å². The van der Waals surface area contributed by atoms with Gasteiger partial charge in [-0.2, -0.15) is 5.10 Å². The molecule has 0 atom stereocenters. The van der Waals surface area contributed by atoms with Gasteiger partial charge in [-0.1, -0.05) is 26.0 Å². The number of fused-ring (bicyclic) bond motifs is 1. The summed E-state index contributed by atoms with van der Waals surface area (Å²) in [6.45, 7) is 4.47. The molecule has 0 radical (unpaired) electrons. The van der Waals surface area contributed by atoms with Crippen LogP contribution in [0.3, 0.4) is 0 Å². The molecule has 144 valence electrons. The normalized spacial score (nSPS) is 10.8. The summed E-state index contributed by atoms with van der Waals surface area (Å²) in [5.74, 6) is -0.583. The summed E-state index contributed by atoms with van der Waals surface area (Å²) >= 11 is 0. The Morgan fingerprint density at radius 3 is 2.64 bits per heavy atom. The number of non-ortho nitro benzene ring substituents is 1. The third kappa shape index (κ3) is 3.98. The molecule has 9 heteroatoms. The van der Waals surface area contributed by atoms with Gasteiger partial charge in [0.2, 0.25) is 0 Å². The number of rotatable bonds is 6. The molecule has 3 rings (SSSR count). The number of aromatic amines is 1. The van der Waals surface area contributed by atoms with E-state index in [0.717, 1.165) is 0 Å². The molecule has 0 saturated heterocycles. The number of aromatic nitrogens is 2. The Labute approximate surface area is 160 Å². The molecule has 28 heavy (non-hydrogen) atoms. The number of nitrogens with zero attached hydrogens (tertiary/aromatic N) is 2. The number of benzene rings is 2. The van der Waals surface area contributed by atoms with E-state index in [1.54, 1.807) is 24.3 Å². The zero-order chi connectivity index (χ0) is 20.3. The highest BCUT2D eigenvalue weighted by atomic mass is 16.6. The van der Waals surface area contributed by atoms with E-state index in [9.17, 15) is 19.7 Å². The Hall–Kier alpha value is -3.75. The van der Waals surface area contributed by atoms with E-state index in [0.29, 0.717) is 28.7 Å². The second-order valence-corrected chi connectivity index (χ2v) is 6.66. The summed E-state index contributed by atoms with van der Waals surface area (Å²) in [5.41, 5.74) is 1.02. The number of nitrogens with one attached hydrogen (secondary N) is 3. The number of nitro groups is 1.